The summed E-state index contributed by atoms with van der Waals surface area (Å²) in [6.45, 7) is 11.6. The second-order valence-electron chi connectivity index (χ2n) is 11.3. The van der Waals surface area contributed by atoms with Crippen molar-refractivity contribution < 1.29 is 14.3 Å². The molecule has 0 saturated carbocycles. The van der Waals surface area contributed by atoms with Crippen LogP contribution in [0, 0.1) is 13.8 Å². The summed E-state index contributed by atoms with van der Waals surface area (Å²) in [5, 5.41) is 1.22. The van der Waals surface area contributed by atoms with E-state index in [1.807, 2.05) is 44.2 Å². The van der Waals surface area contributed by atoms with E-state index in [9.17, 15) is 4.79 Å². The van der Waals surface area contributed by atoms with Gasteiger partial charge < -0.3 is 9.47 Å². The van der Waals surface area contributed by atoms with Gasteiger partial charge in [-0.05, 0) is 84.5 Å². The summed E-state index contributed by atoms with van der Waals surface area (Å²) in [6.07, 6.45) is 2.57. The fourth-order valence-corrected chi connectivity index (χ4v) is 5.63. The molecule has 1 aliphatic heterocycles. The summed E-state index contributed by atoms with van der Waals surface area (Å²) in [5.74, 6) is 1.61. The van der Waals surface area contributed by atoms with Crippen molar-refractivity contribution in [2.45, 2.75) is 33.9 Å². The monoisotopic (exact) mass is 709 g/mol. The van der Waals surface area contributed by atoms with Crippen LogP contribution in [-0.2, 0) is 17.9 Å². The summed E-state index contributed by atoms with van der Waals surface area (Å²) in [6, 6.07) is 23.8. The maximum atomic E-state index is 11.9. The van der Waals surface area contributed by atoms with Gasteiger partial charge in [-0.3, -0.25) is 14.6 Å². The number of rotatable bonds is 11. The van der Waals surface area contributed by atoms with Crippen LogP contribution in [0.3, 0.4) is 0 Å². The fraction of sp³-hybridized carbons (Fsp3) is 0.278. The molecular weight excluding hydrogens is 673 g/mol. The summed E-state index contributed by atoms with van der Waals surface area (Å²) >= 11 is 12.8. The molecule has 1 aromatic heterocycles. The first kappa shape index (κ1) is 34.7. The number of halogens is 3. The highest BCUT2D eigenvalue weighted by molar-refractivity contribution is 8.93. The molecule has 236 valence electrons. The molecule has 1 fully saturated rings. The van der Waals surface area contributed by atoms with Crippen molar-refractivity contribution in [1.29, 1.82) is 0 Å². The number of aldehydes is 1. The summed E-state index contributed by atoms with van der Waals surface area (Å²) in [7, 11) is 0. The van der Waals surface area contributed by atoms with Crippen LogP contribution in [0.2, 0.25) is 10.0 Å². The highest BCUT2D eigenvalue weighted by atomic mass is 79.9. The molecule has 0 unspecified atom stereocenters. The minimum absolute atomic E-state index is 0. The largest absolute Gasteiger partial charge is 0.487 e. The Morgan fingerprint density at radius 2 is 1.56 bits per heavy atom. The smallest absolute Gasteiger partial charge is 0.219 e. The fourth-order valence-electron chi connectivity index (χ4n) is 5.19. The van der Waals surface area contributed by atoms with Gasteiger partial charge in [-0.2, -0.15) is 0 Å². The lowest BCUT2D eigenvalue weighted by Crippen LogP contribution is -2.46. The van der Waals surface area contributed by atoms with Crippen LogP contribution in [0.1, 0.15) is 34.7 Å². The van der Waals surface area contributed by atoms with E-state index in [0.29, 0.717) is 41.1 Å². The number of piperazine rings is 1. The Balaban J connectivity index is 0.00000461. The number of aromatic nitrogens is 1. The number of nitrogens with zero attached hydrogens (tertiary/aromatic N) is 3. The number of benzene rings is 3. The van der Waals surface area contributed by atoms with Crippen LogP contribution in [0.15, 0.2) is 84.6 Å². The highest BCUT2D eigenvalue weighted by Gasteiger charge is 2.21. The molecular formula is C36H38BrCl2N3O3. The van der Waals surface area contributed by atoms with E-state index in [0.717, 1.165) is 66.3 Å². The van der Waals surface area contributed by atoms with E-state index < -0.39 is 0 Å². The van der Waals surface area contributed by atoms with E-state index in [1.54, 1.807) is 12.3 Å². The van der Waals surface area contributed by atoms with E-state index >= 15 is 0 Å². The lowest BCUT2D eigenvalue weighted by atomic mass is 9.98. The third kappa shape index (κ3) is 9.65. The normalized spacial score (nSPS) is 14.3. The average Bonchev–Trinajstić information content (AvgIpc) is 3.03. The van der Waals surface area contributed by atoms with Gasteiger partial charge in [0.05, 0.1) is 11.2 Å². The Hall–Kier alpha value is -3.20. The van der Waals surface area contributed by atoms with Crippen molar-refractivity contribution in [3.63, 3.8) is 0 Å². The van der Waals surface area contributed by atoms with Gasteiger partial charge in [-0.1, -0.05) is 65.2 Å². The van der Waals surface area contributed by atoms with Gasteiger partial charge in [-0.15, -0.1) is 17.0 Å². The lowest BCUT2D eigenvalue weighted by Gasteiger charge is -2.35. The first-order chi connectivity index (χ1) is 21.3. The van der Waals surface area contributed by atoms with Gasteiger partial charge in [0.15, 0.2) is 5.75 Å². The van der Waals surface area contributed by atoms with Crippen molar-refractivity contribution in [3.8, 4) is 17.4 Å². The van der Waals surface area contributed by atoms with Crippen molar-refractivity contribution >= 4 is 52.0 Å². The molecule has 1 aliphatic rings. The molecule has 2 heterocycles. The van der Waals surface area contributed by atoms with Crippen LogP contribution in [-0.4, -0.2) is 53.8 Å². The van der Waals surface area contributed by atoms with Crippen molar-refractivity contribution in [2.24, 2.45) is 0 Å². The van der Waals surface area contributed by atoms with E-state index in [2.05, 4.69) is 58.1 Å². The molecule has 3 aromatic carbocycles. The number of pyridine rings is 1. The minimum Gasteiger partial charge on any atom is -0.487 e. The highest BCUT2D eigenvalue weighted by Crippen LogP contribution is 2.36. The standard InChI is InChI=1S/C36H37Cl2N3O3.BrH/c1-25-4-6-29(7-5-25)24-43-32-12-13-35(39-20-32)44-36-26(2)18-30(19-34(36)38)33(27(3)23-42)22-41-16-14-40(15-17-41)21-28-8-10-31(37)11-9-28;/h4-13,18-20,23H,14-17,21-22,24H2,1-3H3;1H/b33-27-;. The molecule has 9 heteroatoms. The second-order valence-corrected chi connectivity index (χ2v) is 12.1. The molecule has 4 aromatic rings. The molecule has 1 saturated heterocycles. The van der Waals surface area contributed by atoms with Crippen LogP contribution in [0.5, 0.6) is 17.4 Å². The van der Waals surface area contributed by atoms with Gasteiger partial charge in [0.1, 0.15) is 18.6 Å². The van der Waals surface area contributed by atoms with Crippen LogP contribution < -0.4 is 9.47 Å². The number of carbonyl (C=O) groups is 1. The average molecular weight is 712 g/mol. The topological polar surface area (TPSA) is 54.9 Å². The van der Waals surface area contributed by atoms with Gasteiger partial charge in [0.2, 0.25) is 5.88 Å². The molecule has 45 heavy (non-hydrogen) atoms. The van der Waals surface area contributed by atoms with Crippen molar-refractivity contribution in [1.82, 2.24) is 14.8 Å². The van der Waals surface area contributed by atoms with Crippen molar-refractivity contribution in [3.05, 3.63) is 122 Å². The van der Waals surface area contributed by atoms with E-state index in [1.165, 1.54) is 11.1 Å². The van der Waals surface area contributed by atoms with Gasteiger partial charge in [0.25, 0.3) is 0 Å². The summed E-state index contributed by atoms with van der Waals surface area (Å²) < 4.78 is 12.0. The van der Waals surface area contributed by atoms with Crippen molar-refractivity contribution in [2.75, 3.05) is 32.7 Å². The third-order valence-electron chi connectivity index (χ3n) is 7.84. The molecule has 0 N–H and O–H groups in total. The summed E-state index contributed by atoms with van der Waals surface area (Å²) in [4.78, 5) is 21.2. The number of allylic oxidation sites excluding steroid dienone is 1. The number of hydrogen-bond donors (Lipinski definition) is 0. The third-order valence-corrected chi connectivity index (χ3v) is 8.37. The number of carbonyl (C=O) groups excluding carboxylic acids is 1. The molecule has 0 aliphatic carbocycles. The predicted octanol–water partition coefficient (Wildman–Crippen LogP) is 8.74. The molecule has 0 amide bonds. The number of ether oxygens (including phenoxy) is 2. The van der Waals surface area contributed by atoms with E-state index in [-0.39, 0.29) is 17.0 Å². The Kier molecular flexibility index (Phi) is 12.6. The van der Waals surface area contributed by atoms with Crippen LogP contribution in [0.4, 0.5) is 0 Å². The molecule has 0 radical (unpaired) electrons. The second kappa shape index (κ2) is 16.4. The quantitative estimate of drug-likeness (QED) is 0.115. The molecule has 0 spiro atoms. The Labute approximate surface area is 286 Å². The lowest BCUT2D eigenvalue weighted by molar-refractivity contribution is -0.104. The van der Waals surface area contributed by atoms with Gasteiger partial charge in [0, 0.05) is 50.4 Å². The Morgan fingerprint density at radius 1 is 0.889 bits per heavy atom. The van der Waals surface area contributed by atoms with Gasteiger partial charge in [-0.25, -0.2) is 4.98 Å². The zero-order valence-electron chi connectivity index (χ0n) is 25.8. The number of hydrogen-bond acceptors (Lipinski definition) is 6. The predicted molar refractivity (Wildman–Crippen MR) is 188 cm³/mol. The molecule has 0 atom stereocenters. The first-order valence-corrected chi connectivity index (χ1v) is 15.5. The van der Waals surface area contributed by atoms with E-state index in [4.69, 9.17) is 32.7 Å². The molecule has 6 nitrogen and oxygen atoms in total. The SMILES string of the molecule is Br.C/C(C=O)=C(\CN1CCN(Cc2ccc(Cl)cc2)CC1)c1cc(C)c(Oc2ccc(OCc3ccc(C)cc3)cn2)c(Cl)c1. The molecule has 0 bridgehead atoms. The summed E-state index contributed by atoms with van der Waals surface area (Å²) in [5.41, 5.74) is 7.00. The first-order valence-electron chi connectivity index (χ1n) is 14.7. The molecule has 5 rings (SSSR count). The zero-order chi connectivity index (χ0) is 31.1. The Morgan fingerprint density at radius 3 is 2.18 bits per heavy atom. The van der Waals surface area contributed by atoms with Gasteiger partial charge >= 0.3 is 0 Å². The zero-order valence-corrected chi connectivity index (χ0v) is 29.0. The Bertz CT molecular complexity index is 1580. The number of aryl methyl sites for hydroxylation is 2. The van der Waals surface area contributed by atoms with Crippen LogP contribution in [0.25, 0.3) is 5.57 Å². The minimum atomic E-state index is 0. The maximum Gasteiger partial charge on any atom is 0.219 e. The van der Waals surface area contributed by atoms with Crippen LogP contribution >= 0.6 is 40.2 Å². The maximum absolute atomic E-state index is 11.9.